The van der Waals surface area contributed by atoms with Crippen LogP contribution in [-0.2, 0) is 0 Å². The summed E-state index contributed by atoms with van der Waals surface area (Å²) in [6.07, 6.45) is 0. The van der Waals surface area contributed by atoms with Gasteiger partial charge in [0.2, 0.25) is 0 Å². The Balaban J connectivity index is 1.84. The summed E-state index contributed by atoms with van der Waals surface area (Å²) in [7, 11) is 1.38. The van der Waals surface area contributed by atoms with E-state index in [0.717, 1.165) is 12.1 Å². The largest absolute Gasteiger partial charge is 0.497 e. The number of ether oxygens (including phenoxy) is 1. The van der Waals surface area contributed by atoms with Gasteiger partial charge in [-0.1, -0.05) is 18.2 Å². The Labute approximate surface area is 170 Å². The van der Waals surface area contributed by atoms with E-state index in [9.17, 15) is 24.1 Å². The van der Waals surface area contributed by atoms with E-state index >= 15 is 0 Å². The van der Waals surface area contributed by atoms with Crippen LogP contribution in [0, 0.1) is 15.9 Å². The molecule has 0 fully saturated rings. The predicted octanol–water partition coefficient (Wildman–Crippen LogP) is 4.25. The molecule has 152 valence electrons. The van der Waals surface area contributed by atoms with E-state index in [1.165, 1.54) is 31.4 Å². The van der Waals surface area contributed by atoms with Crippen molar-refractivity contribution in [2.45, 2.75) is 0 Å². The van der Waals surface area contributed by atoms with E-state index in [1.54, 1.807) is 30.3 Å². The topological polar surface area (TPSA) is 111 Å². The smallest absolute Gasteiger partial charge is 0.294 e. The maximum atomic E-state index is 14.0. The van der Waals surface area contributed by atoms with Crippen LogP contribution in [0.3, 0.4) is 0 Å². The van der Waals surface area contributed by atoms with Crippen molar-refractivity contribution in [3.63, 3.8) is 0 Å². The Morgan fingerprint density at radius 2 is 1.70 bits per heavy atom. The molecule has 0 aliphatic heterocycles. The maximum absolute atomic E-state index is 14.0. The van der Waals surface area contributed by atoms with Gasteiger partial charge in [0, 0.05) is 17.3 Å². The van der Waals surface area contributed by atoms with Crippen molar-refractivity contribution < 1.29 is 23.6 Å². The highest BCUT2D eigenvalue weighted by atomic mass is 19.1. The van der Waals surface area contributed by atoms with Crippen molar-refractivity contribution in [2.24, 2.45) is 0 Å². The first-order valence-electron chi connectivity index (χ1n) is 8.69. The first-order chi connectivity index (χ1) is 14.4. The monoisotopic (exact) mass is 409 g/mol. The second-order valence-electron chi connectivity index (χ2n) is 6.11. The van der Waals surface area contributed by atoms with Crippen LogP contribution in [0.1, 0.15) is 20.7 Å². The number of hydrogen-bond donors (Lipinski definition) is 2. The number of methoxy groups -OCH3 is 1. The molecule has 0 heterocycles. The maximum Gasteiger partial charge on any atom is 0.294 e. The van der Waals surface area contributed by atoms with Crippen LogP contribution >= 0.6 is 0 Å². The van der Waals surface area contributed by atoms with Gasteiger partial charge in [-0.15, -0.1) is 0 Å². The van der Waals surface area contributed by atoms with Gasteiger partial charge in [0.05, 0.1) is 17.6 Å². The third-order valence-electron chi connectivity index (χ3n) is 4.15. The van der Waals surface area contributed by atoms with Crippen LogP contribution in [0.15, 0.2) is 66.7 Å². The van der Waals surface area contributed by atoms with Crippen LogP contribution < -0.4 is 15.4 Å². The van der Waals surface area contributed by atoms with Gasteiger partial charge in [0.15, 0.2) is 0 Å². The molecular formula is C21H16FN3O5. The lowest BCUT2D eigenvalue weighted by atomic mass is 10.1. The van der Waals surface area contributed by atoms with Crippen LogP contribution in [-0.4, -0.2) is 23.8 Å². The van der Waals surface area contributed by atoms with Crippen LogP contribution in [0.2, 0.25) is 0 Å². The molecule has 3 aromatic rings. The van der Waals surface area contributed by atoms with Crippen molar-refractivity contribution in [2.75, 3.05) is 17.7 Å². The first kappa shape index (κ1) is 20.5. The average molecular weight is 409 g/mol. The molecule has 0 aromatic heterocycles. The van der Waals surface area contributed by atoms with Crippen molar-refractivity contribution in [1.82, 2.24) is 0 Å². The Bertz CT molecular complexity index is 1120. The number of nitrogens with one attached hydrogen (secondary N) is 2. The number of anilines is 2. The Hall–Kier alpha value is -4.27. The van der Waals surface area contributed by atoms with Gasteiger partial charge in [0.25, 0.3) is 17.5 Å². The van der Waals surface area contributed by atoms with E-state index in [1.807, 2.05) is 0 Å². The lowest BCUT2D eigenvalue weighted by molar-refractivity contribution is -0.383. The molecule has 30 heavy (non-hydrogen) atoms. The molecule has 0 aliphatic carbocycles. The molecule has 2 N–H and O–H groups in total. The van der Waals surface area contributed by atoms with Crippen molar-refractivity contribution in [3.05, 3.63) is 93.8 Å². The minimum absolute atomic E-state index is 0.0422. The molecule has 3 aromatic carbocycles. The fourth-order valence-electron chi connectivity index (χ4n) is 2.65. The number of carbonyl (C=O) groups excluding carboxylic acids is 2. The summed E-state index contributed by atoms with van der Waals surface area (Å²) in [5, 5.41) is 16.3. The highest BCUT2D eigenvalue weighted by molar-refractivity contribution is 6.07. The molecule has 2 amide bonds. The third kappa shape index (κ3) is 4.58. The number of rotatable bonds is 6. The number of nitrogens with zero attached hydrogens (tertiary/aromatic N) is 1. The average Bonchev–Trinajstić information content (AvgIpc) is 2.75. The molecule has 0 atom stereocenters. The molecule has 0 bridgehead atoms. The summed E-state index contributed by atoms with van der Waals surface area (Å²) in [6, 6.07) is 15.6. The van der Waals surface area contributed by atoms with Crippen LogP contribution in [0.25, 0.3) is 0 Å². The summed E-state index contributed by atoms with van der Waals surface area (Å²) in [4.78, 5) is 35.4. The molecule has 0 spiro atoms. The fraction of sp³-hybridized carbons (Fsp3) is 0.0476. The zero-order valence-corrected chi connectivity index (χ0v) is 15.7. The molecule has 9 heteroatoms. The van der Waals surface area contributed by atoms with Gasteiger partial charge >= 0.3 is 0 Å². The summed E-state index contributed by atoms with van der Waals surface area (Å²) >= 11 is 0. The fourth-order valence-corrected chi connectivity index (χ4v) is 2.65. The zero-order chi connectivity index (χ0) is 21.7. The number of nitro groups is 1. The number of benzene rings is 3. The lowest BCUT2D eigenvalue weighted by Crippen LogP contribution is -2.15. The summed E-state index contributed by atoms with van der Waals surface area (Å²) in [6.45, 7) is 0. The van der Waals surface area contributed by atoms with E-state index < -0.39 is 28.2 Å². The third-order valence-corrected chi connectivity index (χ3v) is 4.15. The summed E-state index contributed by atoms with van der Waals surface area (Å²) < 4.78 is 18.9. The van der Waals surface area contributed by atoms with Gasteiger partial charge in [-0.2, -0.15) is 0 Å². The molecule has 0 saturated heterocycles. The highest BCUT2D eigenvalue weighted by Crippen LogP contribution is 2.29. The number of amides is 2. The van der Waals surface area contributed by atoms with Crippen molar-refractivity contribution >= 4 is 28.9 Å². The lowest BCUT2D eigenvalue weighted by Gasteiger charge is -2.10. The molecule has 0 radical (unpaired) electrons. The highest BCUT2D eigenvalue weighted by Gasteiger charge is 2.19. The predicted molar refractivity (Wildman–Crippen MR) is 108 cm³/mol. The second-order valence-corrected chi connectivity index (χ2v) is 6.11. The number of hydrogen-bond acceptors (Lipinski definition) is 5. The van der Waals surface area contributed by atoms with Gasteiger partial charge in [-0.3, -0.25) is 19.7 Å². The molecule has 0 unspecified atom stereocenters. The van der Waals surface area contributed by atoms with E-state index in [2.05, 4.69) is 10.6 Å². The standard InChI is InChI=1S/C21H16FN3O5/c1-30-15-8-9-17(22)16(12-15)21(27)23-14-7-10-18(19(11-14)25(28)29)24-20(26)13-5-3-2-4-6-13/h2-12H,1H3,(H,23,27)(H,24,26). The molecule has 3 rings (SSSR count). The van der Waals surface area contributed by atoms with E-state index in [-0.39, 0.29) is 22.7 Å². The molecule has 0 saturated carbocycles. The van der Waals surface area contributed by atoms with Crippen molar-refractivity contribution in [3.8, 4) is 5.75 Å². The first-order valence-corrected chi connectivity index (χ1v) is 8.69. The number of halogens is 1. The van der Waals surface area contributed by atoms with Crippen molar-refractivity contribution in [1.29, 1.82) is 0 Å². The van der Waals surface area contributed by atoms with E-state index in [4.69, 9.17) is 4.74 Å². The Kier molecular flexibility index (Phi) is 6.02. The van der Waals surface area contributed by atoms with Gasteiger partial charge in [-0.25, -0.2) is 4.39 Å². The quantitative estimate of drug-likeness (QED) is 0.467. The summed E-state index contributed by atoms with van der Waals surface area (Å²) in [5.41, 5.74) is -0.356. The summed E-state index contributed by atoms with van der Waals surface area (Å²) in [5.74, 6) is -1.81. The minimum Gasteiger partial charge on any atom is -0.497 e. The van der Waals surface area contributed by atoms with Gasteiger partial charge in [0.1, 0.15) is 17.3 Å². The Morgan fingerprint density at radius 1 is 0.967 bits per heavy atom. The minimum atomic E-state index is -0.804. The second kappa shape index (κ2) is 8.82. The molecule has 8 nitrogen and oxygen atoms in total. The zero-order valence-electron chi connectivity index (χ0n) is 15.7. The van der Waals surface area contributed by atoms with Gasteiger partial charge < -0.3 is 15.4 Å². The van der Waals surface area contributed by atoms with E-state index in [0.29, 0.717) is 5.56 Å². The van der Waals surface area contributed by atoms with Crippen LogP contribution in [0.4, 0.5) is 21.5 Å². The Morgan fingerprint density at radius 3 is 2.37 bits per heavy atom. The normalized spacial score (nSPS) is 10.2. The van der Waals surface area contributed by atoms with Gasteiger partial charge in [-0.05, 0) is 42.5 Å². The SMILES string of the molecule is COc1ccc(F)c(C(=O)Nc2ccc(NC(=O)c3ccccc3)c([N+](=O)[O-])c2)c1. The molecule has 0 aliphatic rings. The van der Waals surface area contributed by atoms with Crippen LogP contribution in [0.5, 0.6) is 5.75 Å². The molecular weight excluding hydrogens is 393 g/mol. The number of carbonyl (C=O) groups is 2. The number of nitro benzene ring substituents is 1.